The van der Waals surface area contributed by atoms with Gasteiger partial charge in [0.2, 0.25) is 0 Å². The summed E-state index contributed by atoms with van der Waals surface area (Å²) in [6, 6.07) is 9.59. The highest BCUT2D eigenvalue weighted by Crippen LogP contribution is 2.39. The number of ether oxygens (including phenoxy) is 2. The summed E-state index contributed by atoms with van der Waals surface area (Å²) < 4.78 is 10.3. The Kier molecular flexibility index (Phi) is 6.39. The fourth-order valence-corrected chi connectivity index (χ4v) is 3.76. The quantitative estimate of drug-likeness (QED) is 0.516. The van der Waals surface area contributed by atoms with E-state index in [1.807, 2.05) is 0 Å². The highest BCUT2D eigenvalue weighted by Gasteiger charge is 2.38. The minimum absolute atomic E-state index is 0.0689. The molecule has 1 heterocycles. The molecule has 1 aliphatic heterocycles. The van der Waals surface area contributed by atoms with Crippen LogP contribution < -0.4 is 9.64 Å². The third kappa shape index (κ3) is 4.01. The van der Waals surface area contributed by atoms with Crippen LogP contribution in [0.5, 0.6) is 11.5 Å². The molecule has 8 heteroatoms. The summed E-state index contributed by atoms with van der Waals surface area (Å²) in [6.07, 6.45) is 1.43. The summed E-state index contributed by atoms with van der Waals surface area (Å²) in [7, 11) is 1.23. The number of allylic oxidation sites excluding steroid dienone is 1. The van der Waals surface area contributed by atoms with Gasteiger partial charge in [-0.3, -0.25) is 9.69 Å². The van der Waals surface area contributed by atoms with Gasteiger partial charge >= 0.3 is 5.97 Å². The van der Waals surface area contributed by atoms with E-state index in [4.69, 9.17) is 32.7 Å². The van der Waals surface area contributed by atoms with Crippen molar-refractivity contribution < 1.29 is 24.2 Å². The molecular formula is C22H19Cl2NO5. The maximum atomic E-state index is 13.3. The number of hydrogen-bond donors (Lipinski definition) is 1. The van der Waals surface area contributed by atoms with Gasteiger partial charge in [-0.25, -0.2) is 4.79 Å². The van der Waals surface area contributed by atoms with Gasteiger partial charge in [0.05, 0.1) is 30.6 Å². The smallest absolute Gasteiger partial charge is 0.340 e. The molecule has 0 bridgehead atoms. The molecular weight excluding hydrogens is 429 g/mol. The highest BCUT2D eigenvalue weighted by atomic mass is 35.5. The van der Waals surface area contributed by atoms with Crippen LogP contribution in [0.1, 0.15) is 19.4 Å². The lowest BCUT2D eigenvalue weighted by atomic mass is 10.0. The molecule has 2 aromatic rings. The Morgan fingerprint density at radius 2 is 1.87 bits per heavy atom. The lowest BCUT2D eigenvalue weighted by Crippen LogP contribution is -2.24. The number of halogens is 2. The molecule has 0 spiro atoms. The first-order valence-electron chi connectivity index (χ1n) is 9.05. The van der Waals surface area contributed by atoms with Crippen molar-refractivity contribution in [1.82, 2.24) is 0 Å². The normalized spacial score (nSPS) is 15.2. The molecule has 1 aliphatic rings. The lowest BCUT2D eigenvalue weighted by molar-refractivity contribution is -0.136. The van der Waals surface area contributed by atoms with Crippen molar-refractivity contribution in [1.29, 1.82) is 0 Å². The van der Waals surface area contributed by atoms with Crippen LogP contribution in [-0.2, 0) is 14.3 Å². The standard InChI is InChI=1S/C22H19Cl2NO5/c1-4-30-18-7-5-6-13(20(18)26)8-17-19(22(28)29-3)12(2)25(21(17)27)16-10-14(23)9-15(24)11-16/h5-11,26H,4H2,1-3H3/b17-8-. The Bertz CT molecular complexity index is 1070. The average molecular weight is 448 g/mol. The van der Waals surface area contributed by atoms with E-state index in [0.29, 0.717) is 33.6 Å². The predicted molar refractivity (Wildman–Crippen MR) is 116 cm³/mol. The third-order valence-corrected chi connectivity index (χ3v) is 4.96. The van der Waals surface area contributed by atoms with Gasteiger partial charge in [-0.1, -0.05) is 35.3 Å². The second-order valence-corrected chi connectivity index (χ2v) is 7.28. The Labute approximate surface area is 183 Å². The van der Waals surface area contributed by atoms with Gasteiger partial charge in [0.15, 0.2) is 11.5 Å². The van der Waals surface area contributed by atoms with Crippen molar-refractivity contribution in [3.05, 3.63) is 68.9 Å². The zero-order chi connectivity index (χ0) is 22.0. The molecule has 0 saturated carbocycles. The molecule has 30 heavy (non-hydrogen) atoms. The summed E-state index contributed by atoms with van der Waals surface area (Å²) in [4.78, 5) is 27.1. The first kappa shape index (κ1) is 21.7. The maximum Gasteiger partial charge on any atom is 0.340 e. The van der Waals surface area contributed by atoms with Crippen LogP contribution in [0.25, 0.3) is 6.08 Å². The van der Waals surface area contributed by atoms with Crippen molar-refractivity contribution in [2.75, 3.05) is 18.6 Å². The zero-order valence-electron chi connectivity index (χ0n) is 16.5. The van der Waals surface area contributed by atoms with E-state index in [-0.39, 0.29) is 22.6 Å². The molecule has 0 saturated heterocycles. The first-order chi connectivity index (χ1) is 14.3. The van der Waals surface area contributed by atoms with Crippen molar-refractivity contribution in [3.8, 4) is 11.5 Å². The Morgan fingerprint density at radius 1 is 1.20 bits per heavy atom. The third-order valence-electron chi connectivity index (χ3n) is 4.52. The number of anilines is 1. The summed E-state index contributed by atoms with van der Waals surface area (Å²) in [6.45, 7) is 3.78. The van der Waals surface area contributed by atoms with Crippen LogP contribution in [0, 0.1) is 0 Å². The number of nitrogens with zero attached hydrogens (tertiary/aromatic N) is 1. The van der Waals surface area contributed by atoms with Gasteiger partial charge in [0.25, 0.3) is 5.91 Å². The van der Waals surface area contributed by atoms with Gasteiger partial charge in [0.1, 0.15) is 0 Å². The maximum absolute atomic E-state index is 13.3. The van der Waals surface area contributed by atoms with Crippen LogP contribution in [0.3, 0.4) is 0 Å². The summed E-state index contributed by atoms with van der Waals surface area (Å²) in [5.74, 6) is -1.02. The van der Waals surface area contributed by atoms with Crippen LogP contribution in [-0.4, -0.2) is 30.7 Å². The van der Waals surface area contributed by atoms with Crippen LogP contribution in [0.15, 0.2) is 53.2 Å². The summed E-state index contributed by atoms with van der Waals surface area (Å²) in [5.41, 5.74) is 1.24. The van der Waals surface area contributed by atoms with E-state index >= 15 is 0 Å². The number of esters is 1. The molecule has 1 N–H and O–H groups in total. The van der Waals surface area contributed by atoms with Crippen molar-refractivity contribution in [2.24, 2.45) is 0 Å². The highest BCUT2D eigenvalue weighted by molar-refractivity contribution is 6.35. The molecule has 0 aliphatic carbocycles. The largest absolute Gasteiger partial charge is 0.504 e. The van der Waals surface area contributed by atoms with Gasteiger partial charge in [-0.15, -0.1) is 0 Å². The number of rotatable bonds is 5. The first-order valence-corrected chi connectivity index (χ1v) is 9.80. The fourth-order valence-electron chi connectivity index (χ4n) is 3.24. The van der Waals surface area contributed by atoms with Gasteiger partial charge in [-0.2, -0.15) is 0 Å². The number of benzene rings is 2. The average Bonchev–Trinajstić information content (AvgIpc) is 2.93. The van der Waals surface area contributed by atoms with Gasteiger partial charge < -0.3 is 14.6 Å². The number of phenols is 1. The van der Waals surface area contributed by atoms with Crippen molar-refractivity contribution >= 4 is 46.8 Å². The topological polar surface area (TPSA) is 76.1 Å². The second-order valence-electron chi connectivity index (χ2n) is 6.41. The number of hydrogen-bond acceptors (Lipinski definition) is 5. The zero-order valence-corrected chi connectivity index (χ0v) is 18.0. The van der Waals surface area contributed by atoms with E-state index in [1.54, 1.807) is 50.2 Å². The second kappa shape index (κ2) is 8.81. The number of para-hydroxylation sites is 1. The van der Waals surface area contributed by atoms with Gasteiger partial charge in [0, 0.05) is 21.3 Å². The molecule has 3 rings (SSSR count). The monoisotopic (exact) mass is 447 g/mol. The molecule has 0 unspecified atom stereocenters. The number of methoxy groups -OCH3 is 1. The van der Waals surface area contributed by atoms with E-state index in [2.05, 4.69) is 0 Å². The molecule has 156 valence electrons. The molecule has 0 aromatic heterocycles. The number of carbonyl (C=O) groups is 2. The van der Waals surface area contributed by atoms with Crippen LogP contribution in [0.2, 0.25) is 10.0 Å². The molecule has 0 fully saturated rings. The SMILES string of the molecule is CCOc1cccc(/C=C2\C(=O)N(c3cc(Cl)cc(Cl)c3)C(C)=C2C(=O)OC)c1O. The molecule has 2 aromatic carbocycles. The van der Waals surface area contributed by atoms with Crippen LogP contribution in [0.4, 0.5) is 5.69 Å². The van der Waals surface area contributed by atoms with E-state index < -0.39 is 11.9 Å². The summed E-state index contributed by atoms with van der Waals surface area (Å²) in [5, 5.41) is 11.2. The van der Waals surface area contributed by atoms with Crippen LogP contribution >= 0.6 is 23.2 Å². The van der Waals surface area contributed by atoms with E-state index in [1.165, 1.54) is 18.1 Å². The van der Waals surface area contributed by atoms with E-state index in [9.17, 15) is 14.7 Å². The Balaban J connectivity index is 2.17. The molecule has 1 amide bonds. The minimum Gasteiger partial charge on any atom is -0.504 e. The number of carbonyl (C=O) groups excluding carboxylic acids is 2. The summed E-state index contributed by atoms with van der Waals surface area (Å²) >= 11 is 12.2. The van der Waals surface area contributed by atoms with E-state index in [0.717, 1.165) is 0 Å². The lowest BCUT2D eigenvalue weighted by Gasteiger charge is -2.18. The predicted octanol–water partition coefficient (Wildman–Crippen LogP) is 4.97. The van der Waals surface area contributed by atoms with Gasteiger partial charge in [-0.05, 0) is 44.2 Å². The molecule has 0 atom stereocenters. The fraction of sp³-hybridized carbons (Fsp3) is 0.182. The Morgan fingerprint density at radius 3 is 2.47 bits per heavy atom. The van der Waals surface area contributed by atoms with Crippen molar-refractivity contribution in [2.45, 2.75) is 13.8 Å². The minimum atomic E-state index is -0.678. The number of amides is 1. The number of phenolic OH excluding ortho intramolecular Hbond substituents is 1. The molecule has 6 nitrogen and oxygen atoms in total. The Hall–Kier alpha value is -2.96. The number of aromatic hydroxyl groups is 1. The van der Waals surface area contributed by atoms with Crippen molar-refractivity contribution in [3.63, 3.8) is 0 Å². The molecule has 0 radical (unpaired) electrons.